The van der Waals surface area contributed by atoms with Gasteiger partial charge in [-0.3, -0.25) is 0 Å². The Hall–Kier alpha value is -3.11. The molecule has 2 bridgehead atoms. The van der Waals surface area contributed by atoms with Crippen molar-refractivity contribution in [3.63, 3.8) is 0 Å². The van der Waals surface area contributed by atoms with Gasteiger partial charge in [0.05, 0.1) is 18.2 Å². The van der Waals surface area contributed by atoms with E-state index in [-0.39, 0.29) is 22.9 Å². The lowest BCUT2D eigenvalue weighted by Crippen LogP contribution is -2.66. The number of aromatic nitrogens is 3. The topological polar surface area (TPSA) is 74.7 Å². The Morgan fingerprint density at radius 3 is 2.47 bits per heavy atom. The molecule has 0 spiro atoms. The summed E-state index contributed by atoms with van der Waals surface area (Å²) in [5, 5.41) is 24.6. The fraction of sp³-hybridized carbons (Fsp3) is 0.348. The summed E-state index contributed by atoms with van der Waals surface area (Å²) < 4.78 is 29.6. The van der Waals surface area contributed by atoms with Gasteiger partial charge in [0.15, 0.2) is 0 Å². The summed E-state index contributed by atoms with van der Waals surface area (Å²) >= 11 is 0. The molecule has 6 rings (SSSR count). The minimum absolute atomic E-state index is 0.0428. The second-order valence-electron chi connectivity index (χ2n) is 8.93. The molecule has 1 heterocycles. The highest BCUT2D eigenvalue weighted by atomic mass is 19.1. The van der Waals surface area contributed by atoms with Gasteiger partial charge in [0.1, 0.15) is 29.9 Å². The first kappa shape index (κ1) is 18.9. The third-order valence-corrected chi connectivity index (χ3v) is 6.76. The van der Waals surface area contributed by atoms with E-state index >= 15 is 0 Å². The third kappa shape index (κ3) is 2.91. The predicted octanol–water partition coefficient (Wildman–Crippen LogP) is 3.83. The first-order valence-electron chi connectivity index (χ1n) is 9.87. The summed E-state index contributed by atoms with van der Waals surface area (Å²) in [5.41, 5.74) is 0.373. The van der Waals surface area contributed by atoms with E-state index in [1.54, 1.807) is 0 Å². The Labute approximate surface area is 172 Å². The molecule has 3 aliphatic carbocycles. The lowest BCUT2D eigenvalue weighted by molar-refractivity contribution is -0.188. The van der Waals surface area contributed by atoms with Gasteiger partial charge in [0.25, 0.3) is 0 Å². The number of hydrogen-bond acceptors (Lipinski definition) is 4. The van der Waals surface area contributed by atoms with Crippen LogP contribution in [0.3, 0.4) is 0 Å². The molecule has 0 radical (unpaired) electrons. The Morgan fingerprint density at radius 1 is 1.13 bits per heavy atom. The molecule has 1 aromatic heterocycles. The molecule has 1 atom stereocenters. The van der Waals surface area contributed by atoms with Gasteiger partial charge in [-0.1, -0.05) is 18.2 Å². The van der Waals surface area contributed by atoms with E-state index in [4.69, 9.17) is 5.26 Å². The maximum Gasteiger partial charge on any atom is 0.137 e. The van der Waals surface area contributed by atoms with Crippen molar-refractivity contribution in [1.82, 2.24) is 14.8 Å². The Morgan fingerprint density at radius 2 is 1.87 bits per heavy atom. The van der Waals surface area contributed by atoms with Gasteiger partial charge in [-0.15, -0.1) is 0 Å². The normalized spacial score (nSPS) is 26.2. The molecule has 30 heavy (non-hydrogen) atoms. The van der Waals surface area contributed by atoms with Crippen molar-refractivity contribution >= 4 is 0 Å². The average molecular weight is 406 g/mol. The number of rotatable bonds is 6. The second kappa shape index (κ2) is 6.44. The van der Waals surface area contributed by atoms with Crippen molar-refractivity contribution in [2.24, 2.45) is 5.41 Å². The molecular weight excluding hydrogens is 386 g/mol. The van der Waals surface area contributed by atoms with Crippen molar-refractivity contribution in [2.75, 3.05) is 0 Å². The van der Waals surface area contributed by atoms with Crippen LogP contribution in [-0.4, -0.2) is 19.9 Å². The van der Waals surface area contributed by atoms with Gasteiger partial charge >= 0.3 is 0 Å². The monoisotopic (exact) mass is 406 g/mol. The Kier molecular flexibility index (Phi) is 4.06. The molecule has 0 aliphatic heterocycles. The molecule has 5 nitrogen and oxygen atoms in total. The van der Waals surface area contributed by atoms with E-state index in [0.717, 1.165) is 25.3 Å². The molecule has 3 fully saturated rings. The van der Waals surface area contributed by atoms with Crippen LogP contribution >= 0.6 is 0 Å². The number of hydrogen-bond donors (Lipinski definition) is 1. The first-order valence-corrected chi connectivity index (χ1v) is 9.87. The molecule has 0 saturated heterocycles. The summed E-state index contributed by atoms with van der Waals surface area (Å²) in [7, 11) is 0. The van der Waals surface area contributed by atoms with Gasteiger partial charge in [-0.2, -0.15) is 10.4 Å². The van der Waals surface area contributed by atoms with Crippen LogP contribution < -0.4 is 0 Å². The van der Waals surface area contributed by atoms with Crippen molar-refractivity contribution in [3.05, 3.63) is 83.4 Å². The molecule has 2 aromatic carbocycles. The van der Waals surface area contributed by atoms with Crippen molar-refractivity contribution < 1.29 is 13.9 Å². The van der Waals surface area contributed by atoms with Crippen molar-refractivity contribution in [1.29, 1.82) is 5.26 Å². The zero-order valence-corrected chi connectivity index (χ0v) is 16.2. The quantitative estimate of drug-likeness (QED) is 0.675. The minimum atomic E-state index is -1.53. The second-order valence-corrected chi connectivity index (χ2v) is 8.93. The van der Waals surface area contributed by atoms with Crippen LogP contribution in [0, 0.1) is 28.4 Å². The zero-order valence-electron chi connectivity index (χ0n) is 16.2. The molecule has 0 unspecified atom stereocenters. The summed E-state index contributed by atoms with van der Waals surface area (Å²) in [6, 6.07) is 13.1. The summed E-state index contributed by atoms with van der Waals surface area (Å²) in [4.78, 5) is 3.91. The molecule has 0 amide bonds. The Bertz CT molecular complexity index is 1120. The average Bonchev–Trinajstić information content (AvgIpc) is 3.16. The molecule has 7 heteroatoms. The van der Waals surface area contributed by atoms with E-state index in [1.807, 2.05) is 24.3 Å². The predicted molar refractivity (Wildman–Crippen MR) is 104 cm³/mol. The molecule has 152 valence electrons. The number of nitriles is 1. The summed E-state index contributed by atoms with van der Waals surface area (Å²) in [6.07, 6.45) is 5.90. The number of nitrogens with zero attached hydrogens (tertiary/aromatic N) is 4. The molecule has 1 N–H and O–H groups in total. The fourth-order valence-corrected chi connectivity index (χ4v) is 5.70. The zero-order chi connectivity index (χ0) is 21.0. The summed E-state index contributed by atoms with van der Waals surface area (Å²) in [5.74, 6) is -1.43. The minimum Gasteiger partial charge on any atom is -0.383 e. The van der Waals surface area contributed by atoms with Crippen molar-refractivity contribution in [2.45, 2.75) is 43.2 Å². The summed E-state index contributed by atoms with van der Waals surface area (Å²) in [6.45, 7) is 0.0428. The van der Waals surface area contributed by atoms with E-state index < -0.39 is 17.2 Å². The molecular formula is C23H20F2N4O. The van der Waals surface area contributed by atoms with Gasteiger partial charge in [-0.05, 0) is 60.3 Å². The van der Waals surface area contributed by atoms with Crippen LogP contribution in [0.4, 0.5) is 8.78 Å². The first-order chi connectivity index (χ1) is 14.4. The highest BCUT2D eigenvalue weighted by molar-refractivity contribution is 5.42. The van der Waals surface area contributed by atoms with Crippen LogP contribution in [0.5, 0.6) is 0 Å². The van der Waals surface area contributed by atoms with Gasteiger partial charge in [0.2, 0.25) is 0 Å². The Balaban J connectivity index is 1.40. The van der Waals surface area contributed by atoms with Crippen LogP contribution in [0.25, 0.3) is 0 Å². The van der Waals surface area contributed by atoms with E-state index in [0.29, 0.717) is 12.0 Å². The smallest absolute Gasteiger partial charge is 0.137 e. The highest BCUT2D eigenvalue weighted by Crippen LogP contribution is 2.76. The van der Waals surface area contributed by atoms with Crippen LogP contribution in [0.2, 0.25) is 0 Å². The lowest BCUT2D eigenvalue weighted by atomic mass is 9.32. The lowest BCUT2D eigenvalue weighted by Gasteiger charge is -2.72. The maximum absolute atomic E-state index is 14.6. The van der Waals surface area contributed by atoms with Crippen LogP contribution in [0.1, 0.15) is 42.4 Å². The van der Waals surface area contributed by atoms with Gasteiger partial charge in [-0.25, -0.2) is 18.4 Å². The SMILES string of the molecule is N#Cc1ccc(C23CC(C[C@@](O)(Cn4cncn4)c4ccc(F)cc4F)(C2)C3)cc1. The highest BCUT2D eigenvalue weighted by Gasteiger charge is 2.69. The van der Waals surface area contributed by atoms with Crippen molar-refractivity contribution in [3.8, 4) is 6.07 Å². The van der Waals surface area contributed by atoms with E-state index in [1.165, 1.54) is 35.0 Å². The van der Waals surface area contributed by atoms with Gasteiger partial charge in [0, 0.05) is 11.6 Å². The van der Waals surface area contributed by atoms with Gasteiger partial charge < -0.3 is 5.11 Å². The largest absolute Gasteiger partial charge is 0.383 e. The number of aliphatic hydroxyl groups is 1. The van der Waals surface area contributed by atoms with Crippen LogP contribution in [0.15, 0.2) is 55.1 Å². The molecule has 3 aromatic rings. The maximum atomic E-state index is 14.6. The number of halogens is 2. The third-order valence-electron chi connectivity index (χ3n) is 6.76. The fourth-order valence-electron chi connectivity index (χ4n) is 5.70. The van der Waals surface area contributed by atoms with E-state index in [2.05, 4.69) is 16.2 Å². The van der Waals surface area contributed by atoms with E-state index in [9.17, 15) is 13.9 Å². The molecule has 3 aliphatic rings. The molecule has 3 saturated carbocycles. The standard InChI is InChI=1S/C23H20F2N4O/c24-18-5-6-19(20(25)7-18)23(30,13-29-15-27-14-28-29)12-21-9-22(10-21,11-21)17-3-1-16(8-26)2-4-17/h1-7,14-15,30H,9-13H2/t21?,22?,23-/m1/s1. The van der Waals surface area contributed by atoms with Crippen LogP contribution in [-0.2, 0) is 17.6 Å². The number of benzene rings is 2.